The van der Waals surface area contributed by atoms with E-state index in [4.69, 9.17) is 25.8 Å². The van der Waals surface area contributed by atoms with Crippen molar-refractivity contribution in [1.29, 1.82) is 0 Å². The summed E-state index contributed by atoms with van der Waals surface area (Å²) >= 11 is 5.74. The van der Waals surface area contributed by atoms with Crippen LogP contribution in [0.4, 0.5) is 4.79 Å². The fraction of sp³-hybridized carbons (Fsp3) is 0.471. The van der Waals surface area contributed by atoms with E-state index in [0.29, 0.717) is 23.6 Å². The maximum absolute atomic E-state index is 11.6. The van der Waals surface area contributed by atoms with Crippen LogP contribution in [0.2, 0.25) is 5.02 Å². The number of esters is 2. The van der Waals surface area contributed by atoms with E-state index in [-0.39, 0.29) is 50.4 Å². The maximum atomic E-state index is 11.6. The minimum Gasteiger partial charge on any atom is -1.00 e. The Balaban J connectivity index is 0. The topological polar surface area (TPSA) is 90.9 Å². The summed E-state index contributed by atoms with van der Waals surface area (Å²) in [5.41, 5.74) is 0. The summed E-state index contributed by atoms with van der Waals surface area (Å²) in [5, 5.41) is 3.02. The largest absolute Gasteiger partial charge is 1.00 e. The molecule has 1 aromatic carbocycles. The van der Waals surface area contributed by atoms with Crippen molar-refractivity contribution in [2.24, 2.45) is 0 Å². The van der Waals surface area contributed by atoms with Gasteiger partial charge in [0.05, 0.1) is 0 Å². The molecule has 1 atom stereocenters. The molecule has 7 nitrogen and oxygen atoms in total. The molecule has 0 saturated heterocycles. The van der Waals surface area contributed by atoms with Gasteiger partial charge in [-0.25, -0.2) is 4.79 Å². The second kappa shape index (κ2) is 13.9. The Kier molecular flexibility index (Phi) is 13.2. The third kappa shape index (κ3) is 11.4. The molecular weight excluding hydrogens is 373 g/mol. The van der Waals surface area contributed by atoms with E-state index in [0.717, 1.165) is 0 Å². The van der Waals surface area contributed by atoms with Gasteiger partial charge in [-0.1, -0.05) is 18.5 Å². The molecule has 0 radical (unpaired) electrons. The average Bonchev–Trinajstić information content (AvgIpc) is 2.53. The number of nitrogens with one attached hydrogen (secondary N) is 1. The van der Waals surface area contributed by atoms with Gasteiger partial charge in [-0.05, 0) is 37.1 Å². The van der Waals surface area contributed by atoms with Crippen molar-refractivity contribution in [2.45, 2.75) is 45.8 Å². The van der Waals surface area contributed by atoms with E-state index in [1.54, 1.807) is 24.3 Å². The molecule has 0 aliphatic rings. The Morgan fingerprint density at radius 2 is 1.77 bits per heavy atom. The molecule has 1 amide bonds. The van der Waals surface area contributed by atoms with Crippen molar-refractivity contribution in [3.05, 3.63) is 29.3 Å². The maximum Gasteiger partial charge on any atom is 1.00 e. The first-order valence-electron chi connectivity index (χ1n) is 8.01. The molecule has 26 heavy (non-hydrogen) atoms. The molecule has 1 unspecified atom stereocenters. The summed E-state index contributed by atoms with van der Waals surface area (Å²) in [7, 11) is 0. The van der Waals surface area contributed by atoms with Crippen LogP contribution >= 0.6 is 11.6 Å². The van der Waals surface area contributed by atoms with E-state index in [9.17, 15) is 14.4 Å². The fourth-order valence-electron chi connectivity index (χ4n) is 1.77. The number of hydrogen-bond acceptors (Lipinski definition) is 6. The first-order valence-corrected chi connectivity index (χ1v) is 8.38. The molecule has 140 valence electrons. The Labute approximate surface area is 181 Å². The Hall–Kier alpha value is -1.28. The molecule has 0 bridgehead atoms. The van der Waals surface area contributed by atoms with E-state index in [1.807, 2.05) is 6.92 Å². The molecule has 0 heterocycles. The molecule has 1 rings (SSSR count). The molecule has 9 heteroatoms. The second-order valence-corrected chi connectivity index (χ2v) is 5.61. The number of benzene rings is 1. The van der Waals surface area contributed by atoms with Crippen molar-refractivity contribution < 1.29 is 59.6 Å². The normalized spacial score (nSPS) is 10.9. The third-order valence-electron chi connectivity index (χ3n) is 2.90. The molecule has 0 spiro atoms. The van der Waals surface area contributed by atoms with Crippen LogP contribution in [0, 0.1) is 0 Å². The van der Waals surface area contributed by atoms with Crippen LogP contribution in [-0.2, 0) is 19.1 Å². The quantitative estimate of drug-likeness (QED) is 0.216. The monoisotopic (exact) mass is 395 g/mol. The zero-order valence-electron chi connectivity index (χ0n) is 16.2. The molecule has 0 saturated carbocycles. The zero-order valence-corrected chi connectivity index (χ0v) is 18.0. The van der Waals surface area contributed by atoms with E-state index >= 15 is 0 Å². The van der Waals surface area contributed by atoms with Crippen LogP contribution in [0.15, 0.2) is 24.3 Å². The summed E-state index contributed by atoms with van der Waals surface area (Å²) in [6.07, 6.45) is -0.249. The molecule has 1 aromatic rings. The fourth-order valence-corrected chi connectivity index (χ4v) is 1.90. The second-order valence-electron chi connectivity index (χ2n) is 5.17. The molecular formula is C17H23ClNNaO6. The summed E-state index contributed by atoms with van der Waals surface area (Å²) in [5.74, 6) is -0.434. The summed E-state index contributed by atoms with van der Waals surface area (Å²) in [6, 6.07) is 6.43. The van der Waals surface area contributed by atoms with Crippen LogP contribution in [-0.4, -0.2) is 30.9 Å². The van der Waals surface area contributed by atoms with Crippen LogP contribution in [0.1, 0.15) is 41.0 Å². The molecule has 0 fully saturated rings. The van der Waals surface area contributed by atoms with Crippen molar-refractivity contribution >= 4 is 29.6 Å². The summed E-state index contributed by atoms with van der Waals surface area (Å²) in [4.78, 5) is 34.4. The predicted molar refractivity (Wildman–Crippen MR) is 92.4 cm³/mol. The first kappa shape index (κ1) is 24.7. The minimum atomic E-state index is -0.964. The third-order valence-corrected chi connectivity index (χ3v) is 3.15. The van der Waals surface area contributed by atoms with Gasteiger partial charge in [-0.3, -0.25) is 9.59 Å². The standard InChI is InChI=1S/C17H22ClNO6.Na.H/c1-3-5-15(20)23-12(2)24-17(22)19-11-4-6-16(21)25-14-9-7-13(18)8-10-14;;/h7-10,12H,3-6,11H2,1-2H3,(H,19,22);;/q;+1;-1. The molecule has 0 aromatic heterocycles. The van der Waals surface area contributed by atoms with Crippen molar-refractivity contribution in [3.8, 4) is 5.75 Å². The number of hydrogen-bond donors (Lipinski definition) is 1. The van der Waals surface area contributed by atoms with Crippen LogP contribution in [0.5, 0.6) is 5.75 Å². The van der Waals surface area contributed by atoms with Gasteiger partial charge in [0.25, 0.3) is 0 Å². The van der Waals surface area contributed by atoms with Crippen LogP contribution in [0.3, 0.4) is 0 Å². The SMILES string of the molecule is CCCC(=O)OC(C)OC(=O)NCCCC(=O)Oc1ccc(Cl)cc1.[H-].[Na+]. The van der Waals surface area contributed by atoms with Gasteiger partial charge in [-0.15, -0.1) is 0 Å². The number of rotatable bonds is 9. The van der Waals surface area contributed by atoms with E-state index in [2.05, 4.69) is 5.32 Å². The molecule has 0 aliphatic heterocycles. The van der Waals surface area contributed by atoms with E-state index in [1.165, 1.54) is 6.92 Å². The molecule has 0 aliphatic carbocycles. The first-order chi connectivity index (χ1) is 11.9. The van der Waals surface area contributed by atoms with Crippen molar-refractivity contribution in [3.63, 3.8) is 0 Å². The van der Waals surface area contributed by atoms with E-state index < -0.39 is 24.3 Å². The Bertz CT molecular complexity index is 587. The number of amides is 1. The van der Waals surface area contributed by atoms with Gasteiger partial charge in [0.2, 0.25) is 6.29 Å². The average molecular weight is 396 g/mol. The van der Waals surface area contributed by atoms with Gasteiger partial charge in [-0.2, -0.15) is 0 Å². The van der Waals surface area contributed by atoms with Gasteiger partial charge < -0.3 is 21.0 Å². The number of carbonyl (C=O) groups is 3. The zero-order chi connectivity index (χ0) is 18.7. The Morgan fingerprint density at radius 3 is 2.38 bits per heavy atom. The number of alkyl carbamates (subject to hydrolysis) is 1. The summed E-state index contributed by atoms with van der Waals surface area (Å²) in [6.45, 7) is 3.53. The number of carbonyl (C=O) groups excluding carboxylic acids is 3. The minimum absolute atomic E-state index is 0. The number of ether oxygens (including phenoxy) is 3. The van der Waals surface area contributed by atoms with Gasteiger partial charge in [0, 0.05) is 31.3 Å². The van der Waals surface area contributed by atoms with Crippen molar-refractivity contribution in [2.75, 3.05) is 6.54 Å². The van der Waals surface area contributed by atoms with Crippen LogP contribution < -0.4 is 39.6 Å². The molecule has 1 N–H and O–H groups in total. The summed E-state index contributed by atoms with van der Waals surface area (Å²) < 4.78 is 14.8. The van der Waals surface area contributed by atoms with Crippen LogP contribution in [0.25, 0.3) is 0 Å². The smallest absolute Gasteiger partial charge is 1.00 e. The Morgan fingerprint density at radius 1 is 1.12 bits per heavy atom. The van der Waals surface area contributed by atoms with Crippen molar-refractivity contribution in [1.82, 2.24) is 5.32 Å². The van der Waals surface area contributed by atoms with Gasteiger partial charge in [0.1, 0.15) is 5.75 Å². The van der Waals surface area contributed by atoms with Gasteiger partial charge >= 0.3 is 47.6 Å². The van der Waals surface area contributed by atoms with Gasteiger partial charge in [0.15, 0.2) is 0 Å². The predicted octanol–water partition coefficient (Wildman–Crippen LogP) is 0.558. The number of halogens is 1.